The Bertz CT molecular complexity index is 499. The summed E-state index contributed by atoms with van der Waals surface area (Å²) in [6.07, 6.45) is 4.21. The lowest BCUT2D eigenvalue weighted by Crippen LogP contribution is -2.24. The van der Waals surface area contributed by atoms with Crippen LogP contribution < -0.4 is 5.32 Å². The molecule has 2 N–H and O–H groups in total. The molecule has 96 valence electrons. The van der Waals surface area contributed by atoms with Gasteiger partial charge in [0.15, 0.2) is 0 Å². The van der Waals surface area contributed by atoms with E-state index in [-0.39, 0.29) is 11.9 Å². The molecule has 0 saturated heterocycles. The molecule has 1 heterocycles. The Kier molecular flexibility index (Phi) is 4.49. The Morgan fingerprint density at radius 1 is 1.50 bits per heavy atom. The van der Waals surface area contributed by atoms with E-state index in [0.717, 1.165) is 22.4 Å². The molecule has 2 rings (SSSR count). The lowest BCUT2D eigenvalue weighted by molar-refractivity contribution is 0.531. The number of hydrogen-bond acceptors (Lipinski definition) is 2. The van der Waals surface area contributed by atoms with Crippen molar-refractivity contribution in [2.45, 2.75) is 19.4 Å². The van der Waals surface area contributed by atoms with Crippen molar-refractivity contribution in [1.82, 2.24) is 15.3 Å². The minimum Gasteiger partial charge on any atom is -0.349 e. The van der Waals surface area contributed by atoms with E-state index in [1.165, 1.54) is 6.07 Å². The molecule has 0 amide bonds. The fourth-order valence-electron chi connectivity index (χ4n) is 1.92. The highest BCUT2D eigenvalue weighted by molar-refractivity contribution is 9.10. The van der Waals surface area contributed by atoms with E-state index < -0.39 is 0 Å². The van der Waals surface area contributed by atoms with Crippen molar-refractivity contribution in [1.29, 1.82) is 0 Å². The Morgan fingerprint density at radius 3 is 3.00 bits per heavy atom. The molecule has 0 aliphatic carbocycles. The molecule has 0 spiro atoms. The van der Waals surface area contributed by atoms with Crippen molar-refractivity contribution in [2.24, 2.45) is 0 Å². The highest BCUT2D eigenvalue weighted by atomic mass is 79.9. The number of nitrogens with zero attached hydrogens (tertiary/aromatic N) is 1. The Morgan fingerprint density at radius 2 is 2.33 bits per heavy atom. The number of nitrogens with one attached hydrogen (secondary N) is 2. The normalized spacial score (nSPS) is 12.6. The number of imidazole rings is 1. The third kappa shape index (κ3) is 3.17. The quantitative estimate of drug-likeness (QED) is 0.890. The molecule has 0 radical (unpaired) electrons. The molecule has 0 aliphatic rings. The van der Waals surface area contributed by atoms with E-state index in [1.807, 2.05) is 6.92 Å². The van der Waals surface area contributed by atoms with Gasteiger partial charge in [-0.25, -0.2) is 9.37 Å². The average Bonchev–Trinajstić information content (AvgIpc) is 2.85. The molecule has 1 unspecified atom stereocenters. The van der Waals surface area contributed by atoms with E-state index >= 15 is 0 Å². The van der Waals surface area contributed by atoms with E-state index in [4.69, 9.17) is 0 Å². The van der Waals surface area contributed by atoms with Crippen molar-refractivity contribution in [2.75, 3.05) is 6.54 Å². The summed E-state index contributed by atoms with van der Waals surface area (Å²) in [6.45, 7) is 2.84. The van der Waals surface area contributed by atoms with E-state index in [2.05, 4.69) is 31.2 Å². The molecule has 3 nitrogen and oxygen atoms in total. The maximum absolute atomic E-state index is 13.4. The van der Waals surface area contributed by atoms with E-state index in [9.17, 15) is 4.39 Å². The number of aromatic amines is 1. The summed E-state index contributed by atoms with van der Waals surface area (Å²) < 4.78 is 14.3. The predicted octanol–water partition coefficient (Wildman–Crippen LogP) is 3.20. The standard InChI is InChI=1S/C13H15BrFN3/c1-2-16-12(8-13-17-5-6-18-13)10-7-9(15)3-4-11(10)14/h3-7,12,16H,2,8H2,1H3,(H,17,18). The molecule has 0 fully saturated rings. The third-order valence-corrected chi connectivity index (χ3v) is 3.46. The number of rotatable bonds is 5. The van der Waals surface area contributed by atoms with Crippen LogP contribution in [-0.2, 0) is 6.42 Å². The summed E-state index contributed by atoms with van der Waals surface area (Å²) in [5, 5.41) is 3.35. The first-order valence-corrected chi connectivity index (χ1v) is 6.66. The van der Waals surface area contributed by atoms with Gasteiger partial charge in [-0.05, 0) is 30.3 Å². The minimum absolute atomic E-state index is 0.0335. The van der Waals surface area contributed by atoms with Crippen LogP contribution in [0.15, 0.2) is 35.1 Å². The van der Waals surface area contributed by atoms with E-state index in [0.29, 0.717) is 6.42 Å². The fraction of sp³-hybridized carbons (Fsp3) is 0.308. The van der Waals surface area contributed by atoms with Crippen molar-refractivity contribution in [3.05, 3.63) is 52.3 Å². The van der Waals surface area contributed by atoms with Gasteiger partial charge in [-0.15, -0.1) is 0 Å². The van der Waals surface area contributed by atoms with Crippen molar-refractivity contribution in [3.63, 3.8) is 0 Å². The molecule has 5 heteroatoms. The van der Waals surface area contributed by atoms with Gasteiger partial charge in [-0.2, -0.15) is 0 Å². The third-order valence-electron chi connectivity index (χ3n) is 2.74. The van der Waals surface area contributed by atoms with Crippen LogP contribution in [-0.4, -0.2) is 16.5 Å². The number of H-pyrrole nitrogens is 1. The number of halogens is 2. The number of hydrogen-bond donors (Lipinski definition) is 2. The van der Waals surface area contributed by atoms with Crippen LogP contribution in [0.3, 0.4) is 0 Å². The fourth-order valence-corrected chi connectivity index (χ4v) is 2.45. The highest BCUT2D eigenvalue weighted by Crippen LogP contribution is 2.26. The topological polar surface area (TPSA) is 40.7 Å². The summed E-state index contributed by atoms with van der Waals surface area (Å²) in [7, 11) is 0. The Labute approximate surface area is 114 Å². The first-order valence-electron chi connectivity index (χ1n) is 5.87. The predicted molar refractivity (Wildman–Crippen MR) is 72.8 cm³/mol. The van der Waals surface area contributed by atoms with Crippen LogP contribution in [0.2, 0.25) is 0 Å². The number of aromatic nitrogens is 2. The largest absolute Gasteiger partial charge is 0.349 e. The molecular formula is C13H15BrFN3. The zero-order chi connectivity index (χ0) is 13.0. The second-order valence-corrected chi connectivity index (χ2v) is 4.87. The van der Waals surface area contributed by atoms with Crippen LogP contribution in [0.1, 0.15) is 24.4 Å². The lowest BCUT2D eigenvalue weighted by atomic mass is 10.0. The van der Waals surface area contributed by atoms with E-state index in [1.54, 1.807) is 24.5 Å². The van der Waals surface area contributed by atoms with Crippen LogP contribution >= 0.6 is 15.9 Å². The monoisotopic (exact) mass is 311 g/mol. The SMILES string of the molecule is CCNC(Cc1ncc[nH]1)c1cc(F)ccc1Br. The molecule has 1 aromatic heterocycles. The first-order chi connectivity index (χ1) is 8.70. The van der Waals surface area contributed by atoms with Gasteiger partial charge in [0.2, 0.25) is 0 Å². The van der Waals surface area contributed by atoms with Gasteiger partial charge in [0.1, 0.15) is 11.6 Å². The summed E-state index contributed by atoms with van der Waals surface area (Å²) in [5.41, 5.74) is 0.910. The maximum atomic E-state index is 13.4. The zero-order valence-electron chi connectivity index (χ0n) is 10.1. The van der Waals surface area contributed by atoms with Gasteiger partial charge in [0, 0.05) is 29.3 Å². The maximum Gasteiger partial charge on any atom is 0.123 e. The molecule has 1 aromatic carbocycles. The number of benzene rings is 1. The van der Waals surface area contributed by atoms with Gasteiger partial charge >= 0.3 is 0 Å². The van der Waals surface area contributed by atoms with Gasteiger partial charge in [-0.3, -0.25) is 0 Å². The van der Waals surface area contributed by atoms with Crippen molar-refractivity contribution in [3.8, 4) is 0 Å². The summed E-state index contributed by atoms with van der Waals surface area (Å²) in [4.78, 5) is 7.28. The summed E-state index contributed by atoms with van der Waals surface area (Å²) in [5.74, 6) is 0.660. The van der Waals surface area contributed by atoms with Crippen molar-refractivity contribution < 1.29 is 4.39 Å². The highest BCUT2D eigenvalue weighted by Gasteiger charge is 2.16. The van der Waals surface area contributed by atoms with Gasteiger partial charge in [-0.1, -0.05) is 22.9 Å². The van der Waals surface area contributed by atoms with Gasteiger partial charge in [0.25, 0.3) is 0 Å². The molecule has 18 heavy (non-hydrogen) atoms. The summed E-state index contributed by atoms with van der Waals surface area (Å²) in [6, 6.07) is 4.77. The molecule has 0 bridgehead atoms. The Hall–Kier alpha value is -1.20. The molecule has 1 atom stereocenters. The lowest BCUT2D eigenvalue weighted by Gasteiger charge is -2.18. The molecule has 0 aliphatic heterocycles. The van der Waals surface area contributed by atoms with Crippen LogP contribution in [0.5, 0.6) is 0 Å². The first kappa shape index (κ1) is 13.2. The van der Waals surface area contributed by atoms with Crippen molar-refractivity contribution >= 4 is 15.9 Å². The molecule has 2 aromatic rings. The van der Waals surface area contributed by atoms with Crippen LogP contribution in [0.25, 0.3) is 0 Å². The summed E-state index contributed by atoms with van der Waals surface area (Å²) >= 11 is 3.47. The van der Waals surface area contributed by atoms with Crippen LogP contribution in [0, 0.1) is 5.82 Å². The second kappa shape index (κ2) is 6.11. The Balaban J connectivity index is 2.26. The number of likely N-dealkylation sites (N-methyl/N-ethyl adjacent to an activating group) is 1. The smallest absolute Gasteiger partial charge is 0.123 e. The second-order valence-electron chi connectivity index (χ2n) is 4.02. The zero-order valence-corrected chi connectivity index (χ0v) is 11.7. The van der Waals surface area contributed by atoms with Crippen LogP contribution in [0.4, 0.5) is 4.39 Å². The van der Waals surface area contributed by atoms with Gasteiger partial charge < -0.3 is 10.3 Å². The average molecular weight is 312 g/mol. The molecule has 0 saturated carbocycles. The molecular weight excluding hydrogens is 297 g/mol. The van der Waals surface area contributed by atoms with Gasteiger partial charge in [0.05, 0.1) is 0 Å². The minimum atomic E-state index is -0.226.